The molecule has 0 atom stereocenters. The van der Waals surface area contributed by atoms with Crippen LogP contribution in [-0.4, -0.2) is 41.4 Å². The normalized spacial score (nSPS) is 12.6. The fourth-order valence-electron chi connectivity index (χ4n) is 4.03. The van der Waals surface area contributed by atoms with E-state index in [4.69, 9.17) is 9.39 Å². The number of pyridine rings is 1. The largest absolute Gasteiger partial charge is 0.707 e. The van der Waals surface area contributed by atoms with Gasteiger partial charge < -0.3 is 19.4 Å². The standard InChI is InChI=1S/C24H17BF3N3O5/c26-13-10-16(21(28)18(27)11-13)14-4-3-5-15-22(14)29-12-17(23(15)36-25(33)34)24(32)30-31-8-9-35-20-7-2-1-6-19(20)31/h1-7,10-12,33-34H,8-9H2,(H,30,32). The molecular weight excluding hydrogens is 478 g/mol. The molecule has 36 heavy (non-hydrogen) atoms. The fraction of sp³-hybridized carbons (Fsp3) is 0.0833. The van der Waals surface area contributed by atoms with Crippen molar-refractivity contribution in [1.29, 1.82) is 0 Å². The van der Waals surface area contributed by atoms with E-state index in [-0.39, 0.29) is 27.8 Å². The number of hydrogen-bond acceptors (Lipinski definition) is 7. The van der Waals surface area contributed by atoms with Crippen LogP contribution in [0.2, 0.25) is 0 Å². The Labute approximate surface area is 202 Å². The third-order valence-electron chi connectivity index (χ3n) is 5.56. The molecule has 182 valence electrons. The Morgan fingerprint density at radius 1 is 1.08 bits per heavy atom. The first kappa shape index (κ1) is 23.5. The van der Waals surface area contributed by atoms with E-state index in [0.29, 0.717) is 30.7 Å². The molecule has 0 radical (unpaired) electrons. The summed E-state index contributed by atoms with van der Waals surface area (Å²) in [6.45, 7) is 0.641. The molecule has 8 nitrogen and oxygen atoms in total. The molecule has 0 aliphatic carbocycles. The summed E-state index contributed by atoms with van der Waals surface area (Å²) in [5.74, 6) is -4.06. The van der Waals surface area contributed by atoms with Gasteiger partial charge in [0.05, 0.1) is 17.7 Å². The van der Waals surface area contributed by atoms with Crippen molar-refractivity contribution >= 4 is 29.8 Å². The fourth-order valence-corrected chi connectivity index (χ4v) is 4.03. The molecular formula is C24H17BF3N3O5. The highest BCUT2D eigenvalue weighted by atomic mass is 19.2. The lowest BCUT2D eigenvalue weighted by Gasteiger charge is -2.31. The minimum absolute atomic E-state index is 0.00902. The quantitative estimate of drug-likeness (QED) is 0.289. The van der Waals surface area contributed by atoms with E-state index in [0.717, 1.165) is 12.3 Å². The molecule has 3 aromatic carbocycles. The number of hydrogen-bond donors (Lipinski definition) is 3. The molecule has 1 aliphatic heterocycles. The molecule has 5 rings (SSSR count). The molecule has 1 aliphatic rings. The first-order chi connectivity index (χ1) is 17.3. The van der Waals surface area contributed by atoms with Gasteiger partial charge in [0.2, 0.25) is 0 Å². The molecule has 1 aromatic heterocycles. The summed E-state index contributed by atoms with van der Waals surface area (Å²) < 4.78 is 53.0. The lowest BCUT2D eigenvalue weighted by atomic mass is 9.99. The minimum atomic E-state index is -2.31. The Bertz CT molecular complexity index is 1490. The van der Waals surface area contributed by atoms with Crippen molar-refractivity contribution in [3.8, 4) is 22.6 Å². The number of para-hydroxylation sites is 3. The number of fused-ring (bicyclic) bond motifs is 2. The summed E-state index contributed by atoms with van der Waals surface area (Å²) in [7, 11) is -2.31. The molecule has 0 saturated carbocycles. The zero-order valence-electron chi connectivity index (χ0n) is 18.4. The second-order valence-corrected chi connectivity index (χ2v) is 7.80. The number of nitrogens with one attached hydrogen (secondary N) is 1. The predicted molar refractivity (Wildman–Crippen MR) is 125 cm³/mol. The lowest BCUT2D eigenvalue weighted by molar-refractivity contribution is 0.0942. The Balaban J connectivity index is 1.60. The van der Waals surface area contributed by atoms with Gasteiger partial charge in [-0.25, -0.2) is 13.2 Å². The topological polar surface area (TPSA) is 104 Å². The zero-order valence-corrected chi connectivity index (χ0v) is 18.4. The van der Waals surface area contributed by atoms with Crippen LogP contribution in [0.25, 0.3) is 22.0 Å². The van der Waals surface area contributed by atoms with Crippen LogP contribution in [0.15, 0.2) is 60.8 Å². The van der Waals surface area contributed by atoms with Crippen LogP contribution in [0, 0.1) is 17.5 Å². The number of benzene rings is 3. The van der Waals surface area contributed by atoms with Gasteiger partial charge in [-0.05, 0) is 24.3 Å². The van der Waals surface area contributed by atoms with Gasteiger partial charge in [0.25, 0.3) is 5.91 Å². The number of ether oxygens (including phenoxy) is 1. The SMILES string of the molecule is O=C(NN1CCOc2ccccc21)c1cnc2c(-c3cc(F)cc(F)c3F)cccc2c1OB(O)O. The monoisotopic (exact) mass is 495 g/mol. The number of carbonyl (C=O) groups excluding carboxylic acids is 1. The molecule has 0 saturated heterocycles. The van der Waals surface area contributed by atoms with Crippen molar-refractivity contribution in [1.82, 2.24) is 10.4 Å². The van der Waals surface area contributed by atoms with Crippen LogP contribution in [0.3, 0.4) is 0 Å². The van der Waals surface area contributed by atoms with Gasteiger partial charge in [-0.1, -0.05) is 24.3 Å². The molecule has 0 bridgehead atoms. The molecule has 0 unspecified atom stereocenters. The highest BCUT2D eigenvalue weighted by Gasteiger charge is 2.26. The molecule has 4 aromatic rings. The van der Waals surface area contributed by atoms with E-state index in [1.54, 1.807) is 29.3 Å². The lowest BCUT2D eigenvalue weighted by Crippen LogP contribution is -2.46. The van der Waals surface area contributed by atoms with Crippen LogP contribution in [0.5, 0.6) is 11.5 Å². The Morgan fingerprint density at radius 3 is 2.69 bits per heavy atom. The van der Waals surface area contributed by atoms with Crippen LogP contribution in [0.4, 0.5) is 18.9 Å². The number of carbonyl (C=O) groups is 1. The molecule has 0 spiro atoms. The number of halogens is 3. The van der Waals surface area contributed by atoms with Crippen molar-refractivity contribution < 1.29 is 37.4 Å². The van der Waals surface area contributed by atoms with E-state index in [9.17, 15) is 28.0 Å². The van der Waals surface area contributed by atoms with E-state index >= 15 is 0 Å². The molecule has 12 heteroatoms. The summed E-state index contributed by atoms with van der Waals surface area (Å²) in [6, 6.07) is 12.5. The number of hydrazine groups is 1. The second kappa shape index (κ2) is 9.40. The van der Waals surface area contributed by atoms with Crippen molar-refractivity contribution in [3.05, 3.63) is 83.8 Å². The van der Waals surface area contributed by atoms with Crippen molar-refractivity contribution in [2.45, 2.75) is 0 Å². The summed E-state index contributed by atoms with van der Waals surface area (Å²) >= 11 is 0. The van der Waals surface area contributed by atoms with Gasteiger partial charge in [0.15, 0.2) is 11.6 Å². The number of anilines is 1. The third-order valence-corrected chi connectivity index (χ3v) is 5.56. The highest BCUT2D eigenvalue weighted by molar-refractivity contribution is 6.34. The number of nitrogens with zero attached hydrogens (tertiary/aromatic N) is 2. The summed E-state index contributed by atoms with van der Waals surface area (Å²) in [5, 5.41) is 20.7. The maximum atomic E-state index is 14.5. The maximum Gasteiger partial charge on any atom is 0.707 e. The molecule has 1 amide bonds. The minimum Gasteiger partial charge on any atom is -0.511 e. The Morgan fingerprint density at radius 2 is 1.89 bits per heavy atom. The van der Waals surface area contributed by atoms with Gasteiger partial charge in [0.1, 0.15) is 29.5 Å². The average Bonchev–Trinajstić information content (AvgIpc) is 2.86. The van der Waals surface area contributed by atoms with Gasteiger partial charge in [-0.3, -0.25) is 20.2 Å². The van der Waals surface area contributed by atoms with Crippen LogP contribution >= 0.6 is 0 Å². The number of rotatable bonds is 5. The van der Waals surface area contributed by atoms with E-state index in [1.807, 2.05) is 0 Å². The first-order valence-corrected chi connectivity index (χ1v) is 10.7. The highest BCUT2D eigenvalue weighted by Crippen LogP contribution is 2.37. The van der Waals surface area contributed by atoms with Crippen molar-refractivity contribution in [3.63, 3.8) is 0 Å². The molecule has 3 N–H and O–H groups in total. The smallest absolute Gasteiger partial charge is 0.511 e. The van der Waals surface area contributed by atoms with Crippen LogP contribution in [0.1, 0.15) is 10.4 Å². The van der Waals surface area contributed by atoms with Gasteiger partial charge in [-0.15, -0.1) is 0 Å². The Kier molecular flexibility index (Phi) is 6.12. The molecule has 2 heterocycles. The van der Waals surface area contributed by atoms with E-state index in [1.165, 1.54) is 18.2 Å². The van der Waals surface area contributed by atoms with Gasteiger partial charge in [0, 0.05) is 28.8 Å². The van der Waals surface area contributed by atoms with Crippen LogP contribution in [-0.2, 0) is 0 Å². The summed E-state index contributed by atoms with van der Waals surface area (Å²) in [5.41, 5.74) is 2.79. The third kappa shape index (κ3) is 4.27. The van der Waals surface area contributed by atoms with Crippen molar-refractivity contribution in [2.24, 2.45) is 0 Å². The van der Waals surface area contributed by atoms with Crippen molar-refractivity contribution in [2.75, 3.05) is 18.2 Å². The van der Waals surface area contributed by atoms with Gasteiger partial charge in [-0.2, -0.15) is 0 Å². The predicted octanol–water partition coefficient (Wildman–Crippen LogP) is 3.21. The zero-order chi connectivity index (χ0) is 25.4. The number of amides is 1. The van der Waals surface area contributed by atoms with E-state index in [2.05, 4.69) is 10.4 Å². The maximum absolute atomic E-state index is 14.5. The molecule has 0 fully saturated rings. The number of aromatic nitrogens is 1. The Hall–Kier alpha value is -4.29. The van der Waals surface area contributed by atoms with E-state index < -0.39 is 36.2 Å². The van der Waals surface area contributed by atoms with Crippen LogP contribution < -0.4 is 19.8 Å². The average molecular weight is 495 g/mol. The first-order valence-electron chi connectivity index (χ1n) is 10.7. The summed E-state index contributed by atoms with van der Waals surface area (Å²) in [4.78, 5) is 17.5. The summed E-state index contributed by atoms with van der Waals surface area (Å²) in [6.07, 6.45) is 1.10. The second-order valence-electron chi connectivity index (χ2n) is 7.80. The van der Waals surface area contributed by atoms with Gasteiger partial charge >= 0.3 is 7.32 Å².